The van der Waals surface area contributed by atoms with Crippen LogP contribution in [0, 0.1) is 10.5 Å². The number of pyridine rings is 1. The predicted octanol–water partition coefficient (Wildman–Crippen LogP) is 2.73. The average molecular weight is 304 g/mol. The Morgan fingerprint density at radius 2 is 2.36 bits per heavy atom. The van der Waals surface area contributed by atoms with Gasteiger partial charge in [-0.15, -0.1) is 0 Å². The number of hydrogen-bond acceptors (Lipinski definition) is 2. The molecule has 0 unspecified atom stereocenters. The number of aryl methyl sites for hydroxylation is 1. The lowest BCUT2D eigenvalue weighted by Gasteiger charge is -2.06. The zero-order valence-electron chi connectivity index (χ0n) is 8.30. The summed E-state index contributed by atoms with van der Waals surface area (Å²) in [7, 11) is 0. The van der Waals surface area contributed by atoms with Crippen molar-refractivity contribution in [2.24, 2.45) is 0 Å². The largest absolute Gasteiger partial charge is 0.310 e. The van der Waals surface area contributed by atoms with E-state index in [1.54, 1.807) is 6.20 Å². The Morgan fingerprint density at radius 3 is 2.93 bits per heavy atom. The third kappa shape index (κ3) is 3.25. The maximum atomic E-state index is 11.3. The van der Waals surface area contributed by atoms with E-state index >= 15 is 0 Å². The van der Waals surface area contributed by atoms with Crippen LogP contribution in [0.4, 0.5) is 5.82 Å². The highest BCUT2D eigenvalue weighted by Gasteiger charge is 2.04. The minimum atomic E-state index is 0.0318. The standard InChI is InChI=1S/C10H13IN2O/c1-3-4-9(14)13-10-7(2)5-8(11)6-12-10/h5-6H,3-4H2,1-2H3,(H,12,13,14). The molecule has 0 radical (unpaired) electrons. The van der Waals surface area contributed by atoms with Gasteiger partial charge in [-0.05, 0) is 47.6 Å². The first-order chi connectivity index (χ1) is 6.63. The Bertz CT molecular complexity index is 339. The lowest BCUT2D eigenvalue weighted by molar-refractivity contribution is -0.116. The second kappa shape index (κ2) is 5.29. The third-order valence-corrected chi connectivity index (χ3v) is 2.37. The third-order valence-electron chi connectivity index (χ3n) is 1.78. The zero-order valence-corrected chi connectivity index (χ0v) is 10.5. The van der Waals surface area contributed by atoms with E-state index in [9.17, 15) is 4.79 Å². The fourth-order valence-electron chi connectivity index (χ4n) is 1.09. The van der Waals surface area contributed by atoms with E-state index in [0.717, 1.165) is 15.6 Å². The van der Waals surface area contributed by atoms with Gasteiger partial charge in [-0.25, -0.2) is 4.98 Å². The van der Waals surface area contributed by atoms with E-state index in [4.69, 9.17) is 0 Å². The van der Waals surface area contributed by atoms with E-state index in [1.165, 1.54) is 0 Å². The maximum Gasteiger partial charge on any atom is 0.225 e. The molecule has 4 heteroatoms. The molecule has 0 aliphatic carbocycles. The van der Waals surface area contributed by atoms with Crippen LogP contribution >= 0.6 is 22.6 Å². The molecule has 0 aliphatic rings. The Kier molecular flexibility index (Phi) is 4.31. The molecule has 1 N–H and O–H groups in total. The van der Waals surface area contributed by atoms with Crippen LogP contribution in [0.3, 0.4) is 0 Å². The van der Waals surface area contributed by atoms with Crippen molar-refractivity contribution in [3.63, 3.8) is 0 Å². The molecular weight excluding hydrogens is 291 g/mol. The van der Waals surface area contributed by atoms with Crippen LogP contribution in [-0.2, 0) is 4.79 Å². The summed E-state index contributed by atoms with van der Waals surface area (Å²) in [5.74, 6) is 0.702. The van der Waals surface area contributed by atoms with E-state index in [-0.39, 0.29) is 5.91 Å². The average Bonchev–Trinajstić information content (AvgIpc) is 2.10. The number of carbonyl (C=O) groups excluding carboxylic acids is 1. The number of anilines is 1. The maximum absolute atomic E-state index is 11.3. The van der Waals surface area contributed by atoms with Crippen molar-refractivity contribution < 1.29 is 4.79 Å². The van der Waals surface area contributed by atoms with Gasteiger partial charge in [0, 0.05) is 16.2 Å². The molecular formula is C10H13IN2O. The Morgan fingerprint density at radius 1 is 1.64 bits per heavy atom. The van der Waals surface area contributed by atoms with E-state index in [1.807, 2.05) is 19.9 Å². The summed E-state index contributed by atoms with van der Waals surface area (Å²) < 4.78 is 1.08. The minimum absolute atomic E-state index is 0.0318. The summed E-state index contributed by atoms with van der Waals surface area (Å²) in [6.45, 7) is 3.92. The minimum Gasteiger partial charge on any atom is -0.310 e. The van der Waals surface area contributed by atoms with Crippen molar-refractivity contribution >= 4 is 34.3 Å². The van der Waals surface area contributed by atoms with Crippen molar-refractivity contribution in [2.45, 2.75) is 26.7 Å². The molecule has 1 heterocycles. The number of nitrogens with one attached hydrogen (secondary N) is 1. The van der Waals surface area contributed by atoms with E-state index < -0.39 is 0 Å². The van der Waals surface area contributed by atoms with Gasteiger partial charge in [0.15, 0.2) is 0 Å². The summed E-state index contributed by atoms with van der Waals surface area (Å²) in [4.78, 5) is 15.5. The van der Waals surface area contributed by atoms with Crippen LogP contribution < -0.4 is 5.32 Å². The summed E-state index contributed by atoms with van der Waals surface area (Å²) in [6.07, 6.45) is 3.15. The molecule has 0 fully saturated rings. The van der Waals surface area contributed by atoms with Crippen LogP contribution in [0.15, 0.2) is 12.3 Å². The van der Waals surface area contributed by atoms with Crippen molar-refractivity contribution in [1.29, 1.82) is 0 Å². The van der Waals surface area contributed by atoms with Crippen LogP contribution in [0.5, 0.6) is 0 Å². The van der Waals surface area contributed by atoms with Gasteiger partial charge >= 0.3 is 0 Å². The topological polar surface area (TPSA) is 42.0 Å². The summed E-state index contributed by atoms with van der Waals surface area (Å²) >= 11 is 2.20. The van der Waals surface area contributed by atoms with Crippen LogP contribution in [0.1, 0.15) is 25.3 Å². The van der Waals surface area contributed by atoms with Crippen molar-refractivity contribution in [2.75, 3.05) is 5.32 Å². The molecule has 3 nitrogen and oxygen atoms in total. The highest BCUT2D eigenvalue weighted by molar-refractivity contribution is 14.1. The molecule has 0 aromatic carbocycles. The number of halogens is 1. The number of amides is 1. The second-order valence-corrected chi connectivity index (χ2v) is 4.36. The first-order valence-electron chi connectivity index (χ1n) is 4.55. The van der Waals surface area contributed by atoms with E-state index in [2.05, 4.69) is 32.9 Å². The number of hydrogen-bond donors (Lipinski definition) is 1. The molecule has 76 valence electrons. The fraction of sp³-hybridized carbons (Fsp3) is 0.400. The molecule has 0 atom stereocenters. The quantitative estimate of drug-likeness (QED) is 0.873. The molecule has 1 aromatic heterocycles. The van der Waals surface area contributed by atoms with Crippen LogP contribution in [0.2, 0.25) is 0 Å². The van der Waals surface area contributed by atoms with Gasteiger partial charge in [0.05, 0.1) is 0 Å². The molecule has 14 heavy (non-hydrogen) atoms. The normalized spacial score (nSPS) is 9.93. The number of rotatable bonds is 3. The lowest BCUT2D eigenvalue weighted by atomic mass is 10.2. The van der Waals surface area contributed by atoms with Crippen LogP contribution in [0.25, 0.3) is 0 Å². The highest BCUT2D eigenvalue weighted by atomic mass is 127. The van der Waals surface area contributed by atoms with Gasteiger partial charge in [-0.3, -0.25) is 4.79 Å². The molecule has 0 spiro atoms. The zero-order chi connectivity index (χ0) is 10.6. The van der Waals surface area contributed by atoms with Crippen molar-refractivity contribution in [1.82, 2.24) is 4.98 Å². The molecule has 1 rings (SSSR count). The number of carbonyl (C=O) groups is 1. The van der Waals surface area contributed by atoms with Gasteiger partial charge in [0.1, 0.15) is 5.82 Å². The Balaban J connectivity index is 2.72. The Labute approximate surface area is 97.4 Å². The SMILES string of the molecule is CCCC(=O)Nc1ncc(I)cc1C. The smallest absolute Gasteiger partial charge is 0.225 e. The van der Waals surface area contributed by atoms with E-state index in [0.29, 0.717) is 12.2 Å². The van der Waals surface area contributed by atoms with Gasteiger partial charge < -0.3 is 5.32 Å². The molecule has 0 bridgehead atoms. The number of aromatic nitrogens is 1. The molecule has 1 aromatic rings. The molecule has 0 saturated heterocycles. The van der Waals surface area contributed by atoms with Gasteiger partial charge in [-0.2, -0.15) is 0 Å². The summed E-state index contributed by atoms with van der Waals surface area (Å²) in [5.41, 5.74) is 1.00. The van der Waals surface area contributed by atoms with Gasteiger partial charge in [0.2, 0.25) is 5.91 Å². The summed E-state index contributed by atoms with van der Waals surface area (Å²) in [5, 5.41) is 2.78. The number of nitrogens with zero attached hydrogens (tertiary/aromatic N) is 1. The lowest BCUT2D eigenvalue weighted by Crippen LogP contribution is -2.12. The fourth-order valence-corrected chi connectivity index (χ4v) is 1.70. The molecule has 0 saturated carbocycles. The molecule has 0 aliphatic heterocycles. The predicted molar refractivity (Wildman–Crippen MR) is 65.2 cm³/mol. The van der Waals surface area contributed by atoms with Crippen molar-refractivity contribution in [3.8, 4) is 0 Å². The first kappa shape index (κ1) is 11.4. The summed E-state index contributed by atoms with van der Waals surface area (Å²) in [6, 6.07) is 2.00. The van der Waals surface area contributed by atoms with Crippen LogP contribution in [-0.4, -0.2) is 10.9 Å². The van der Waals surface area contributed by atoms with Gasteiger partial charge in [-0.1, -0.05) is 6.92 Å². The van der Waals surface area contributed by atoms with Gasteiger partial charge in [0.25, 0.3) is 0 Å². The Hall–Kier alpha value is -0.650. The second-order valence-electron chi connectivity index (χ2n) is 3.12. The molecule has 1 amide bonds. The highest BCUT2D eigenvalue weighted by Crippen LogP contribution is 2.14. The monoisotopic (exact) mass is 304 g/mol. The first-order valence-corrected chi connectivity index (χ1v) is 5.63. The van der Waals surface area contributed by atoms with Crippen molar-refractivity contribution in [3.05, 3.63) is 21.4 Å².